The van der Waals surface area contributed by atoms with Crippen LogP contribution in [0.25, 0.3) is 0 Å². The Balaban J connectivity index is 3.99. The van der Waals surface area contributed by atoms with Crippen LogP contribution in [-0.4, -0.2) is 31.1 Å². The Morgan fingerprint density at radius 1 is 1.09 bits per heavy atom. The first kappa shape index (κ1) is 18.8. The van der Waals surface area contributed by atoms with Gasteiger partial charge in [0.05, 0.1) is 25.3 Å². The van der Waals surface area contributed by atoms with Crippen molar-refractivity contribution in [2.75, 3.05) is 14.2 Å². The monoisotopic (exact) mass is 341 g/mol. The van der Waals surface area contributed by atoms with Crippen molar-refractivity contribution in [3.63, 3.8) is 0 Å². The Labute approximate surface area is 127 Å². The number of halogens is 5. The predicted molar refractivity (Wildman–Crippen MR) is 66.3 cm³/mol. The van der Waals surface area contributed by atoms with Gasteiger partial charge in [-0.2, -0.15) is 13.2 Å². The maximum atomic E-state index is 13.1. The van der Waals surface area contributed by atoms with E-state index in [0.29, 0.717) is 0 Å². The van der Waals surface area contributed by atoms with Gasteiger partial charge in [-0.3, -0.25) is 0 Å². The molecule has 1 rings (SSSR count). The van der Waals surface area contributed by atoms with Crippen molar-refractivity contribution in [3.8, 4) is 0 Å². The normalized spacial score (nSPS) is 11.5. The standard InChI is InChI=1S/C13H12F5NO4/c1-4-5-6(11(20)22-2)8(10(14)15)19-9(13(16,17)18)7(5)12(21)23-3/h10H,4H2,1-3H3. The third-order valence-electron chi connectivity index (χ3n) is 2.94. The Kier molecular flexibility index (Phi) is 5.62. The molecular formula is C13H12F5NO4. The summed E-state index contributed by atoms with van der Waals surface area (Å²) in [6, 6.07) is 0. The zero-order chi connectivity index (χ0) is 17.9. The number of carbonyl (C=O) groups excluding carboxylic acids is 2. The van der Waals surface area contributed by atoms with Gasteiger partial charge in [-0.1, -0.05) is 6.92 Å². The van der Waals surface area contributed by atoms with E-state index in [1.165, 1.54) is 6.92 Å². The molecular weight excluding hydrogens is 329 g/mol. The highest BCUT2D eigenvalue weighted by Gasteiger charge is 2.42. The molecule has 0 saturated heterocycles. The van der Waals surface area contributed by atoms with Gasteiger partial charge in [-0.05, 0) is 12.0 Å². The second kappa shape index (κ2) is 6.88. The molecule has 0 spiro atoms. The van der Waals surface area contributed by atoms with Crippen molar-refractivity contribution < 1.29 is 41.0 Å². The maximum absolute atomic E-state index is 13.1. The Bertz CT molecular complexity index is 628. The van der Waals surface area contributed by atoms with E-state index in [4.69, 9.17) is 0 Å². The third kappa shape index (κ3) is 3.57. The zero-order valence-electron chi connectivity index (χ0n) is 12.3. The molecule has 0 atom stereocenters. The number of aromatic nitrogens is 1. The summed E-state index contributed by atoms with van der Waals surface area (Å²) in [5.41, 5.74) is -5.72. The molecule has 0 aliphatic heterocycles. The second-order valence-corrected chi connectivity index (χ2v) is 4.21. The lowest BCUT2D eigenvalue weighted by molar-refractivity contribution is -0.142. The first-order chi connectivity index (χ1) is 10.6. The Morgan fingerprint density at radius 2 is 1.57 bits per heavy atom. The average molecular weight is 341 g/mol. The quantitative estimate of drug-likeness (QED) is 0.622. The Hall–Kier alpha value is -2.26. The van der Waals surface area contributed by atoms with E-state index >= 15 is 0 Å². The van der Waals surface area contributed by atoms with Gasteiger partial charge in [0.1, 0.15) is 5.69 Å². The number of esters is 2. The van der Waals surface area contributed by atoms with Crippen molar-refractivity contribution in [2.24, 2.45) is 0 Å². The van der Waals surface area contributed by atoms with Gasteiger partial charge in [0, 0.05) is 0 Å². The molecule has 0 unspecified atom stereocenters. The van der Waals surface area contributed by atoms with Gasteiger partial charge >= 0.3 is 18.1 Å². The summed E-state index contributed by atoms with van der Waals surface area (Å²) in [6.07, 6.45) is -8.98. The number of alkyl halides is 5. The molecule has 23 heavy (non-hydrogen) atoms. The fraction of sp³-hybridized carbons (Fsp3) is 0.462. The molecule has 1 aromatic rings. The molecule has 5 nitrogen and oxygen atoms in total. The number of nitrogens with zero attached hydrogens (tertiary/aromatic N) is 1. The summed E-state index contributed by atoms with van der Waals surface area (Å²) in [5, 5.41) is 0. The van der Waals surface area contributed by atoms with Gasteiger partial charge in [-0.15, -0.1) is 0 Å². The van der Waals surface area contributed by atoms with E-state index in [9.17, 15) is 31.5 Å². The fourth-order valence-corrected chi connectivity index (χ4v) is 2.02. The van der Waals surface area contributed by atoms with E-state index in [0.717, 1.165) is 14.2 Å². The van der Waals surface area contributed by atoms with Crippen LogP contribution in [0.3, 0.4) is 0 Å². The van der Waals surface area contributed by atoms with Crippen LogP contribution in [0.1, 0.15) is 51.0 Å². The fourth-order valence-electron chi connectivity index (χ4n) is 2.02. The highest BCUT2D eigenvalue weighted by atomic mass is 19.4. The van der Waals surface area contributed by atoms with Crippen molar-refractivity contribution >= 4 is 11.9 Å². The molecule has 0 amide bonds. The minimum atomic E-state index is -5.19. The topological polar surface area (TPSA) is 65.5 Å². The average Bonchev–Trinajstić information content (AvgIpc) is 2.49. The number of carbonyl (C=O) groups is 2. The summed E-state index contributed by atoms with van der Waals surface area (Å²) in [6.45, 7) is 1.30. The van der Waals surface area contributed by atoms with E-state index in [1.807, 2.05) is 0 Å². The molecule has 0 N–H and O–H groups in total. The van der Waals surface area contributed by atoms with Crippen molar-refractivity contribution in [3.05, 3.63) is 28.1 Å². The van der Waals surface area contributed by atoms with E-state index in [2.05, 4.69) is 14.5 Å². The Morgan fingerprint density at radius 3 is 1.91 bits per heavy atom. The van der Waals surface area contributed by atoms with Crippen LogP contribution in [0.2, 0.25) is 0 Å². The highest BCUT2D eigenvalue weighted by molar-refractivity contribution is 5.99. The first-order valence-corrected chi connectivity index (χ1v) is 6.18. The molecule has 10 heteroatoms. The maximum Gasteiger partial charge on any atom is 0.434 e. The SMILES string of the molecule is CCc1c(C(=O)OC)c(C(F)F)nc(C(F)(F)F)c1C(=O)OC. The van der Waals surface area contributed by atoms with E-state index in [-0.39, 0.29) is 6.42 Å². The first-order valence-electron chi connectivity index (χ1n) is 6.18. The molecule has 0 radical (unpaired) electrons. The van der Waals surface area contributed by atoms with Crippen LogP contribution in [-0.2, 0) is 22.1 Å². The van der Waals surface area contributed by atoms with Gasteiger partial charge in [0.2, 0.25) is 0 Å². The van der Waals surface area contributed by atoms with E-state index < -0.39 is 52.6 Å². The molecule has 0 aliphatic carbocycles. The lowest BCUT2D eigenvalue weighted by atomic mass is 9.95. The van der Waals surface area contributed by atoms with Crippen LogP contribution < -0.4 is 0 Å². The van der Waals surface area contributed by atoms with Crippen molar-refractivity contribution in [1.29, 1.82) is 0 Å². The van der Waals surface area contributed by atoms with Gasteiger partial charge in [0.25, 0.3) is 6.43 Å². The van der Waals surface area contributed by atoms with Crippen molar-refractivity contribution in [1.82, 2.24) is 4.98 Å². The zero-order valence-corrected chi connectivity index (χ0v) is 12.3. The summed E-state index contributed by atoms with van der Waals surface area (Å²) in [7, 11) is 1.69. The number of hydrogen-bond donors (Lipinski definition) is 0. The molecule has 0 fully saturated rings. The number of pyridine rings is 1. The molecule has 0 bridgehead atoms. The number of methoxy groups -OCH3 is 2. The van der Waals surface area contributed by atoms with Crippen LogP contribution in [0.5, 0.6) is 0 Å². The van der Waals surface area contributed by atoms with Crippen molar-refractivity contribution in [2.45, 2.75) is 25.9 Å². The lowest BCUT2D eigenvalue weighted by Gasteiger charge is -2.19. The molecule has 0 aliphatic rings. The van der Waals surface area contributed by atoms with E-state index in [1.54, 1.807) is 0 Å². The summed E-state index contributed by atoms with van der Waals surface area (Å²) in [4.78, 5) is 26.2. The number of rotatable bonds is 4. The minimum absolute atomic E-state index is 0.319. The number of ether oxygens (including phenoxy) is 2. The van der Waals surface area contributed by atoms with Crippen LogP contribution in [0.15, 0.2) is 0 Å². The van der Waals surface area contributed by atoms with Gasteiger partial charge in [-0.25, -0.2) is 23.4 Å². The highest BCUT2D eigenvalue weighted by Crippen LogP contribution is 2.37. The molecule has 0 aromatic carbocycles. The van der Waals surface area contributed by atoms with Crippen LogP contribution in [0.4, 0.5) is 22.0 Å². The lowest BCUT2D eigenvalue weighted by Crippen LogP contribution is -2.24. The van der Waals surface area contributed by atoms with Gasteiger partial charge in [0.15, 0.2) is 5.69 Å². The molecule has 128 valence electrons. The second-order valence-electron chi connectivity index (χ2n) is 4.21. The third-order valence-corrected chi connectivity index (χ3v) is 2.94. The minimum Gasteiger partial charge on any atom is -0.465 e. The molecule has 1 aromatic heterocycles. The molecule has 0 saturated carbocycles. The number of hydrogen-bond acceptors (Lipinski definition) is 5. The van der Waals surface area contributed by atoms with Crippen LogP contribution >= 0.6 is 0 Å². The largest absolute Gasteiger partial charge is 0.465 e. The molecule has 1 heterocycles. The van der Waals surface area contributed by atoms with Crippen LogP contribution in [0, 0.1) is 0 Å². The summed E-state index contributed by atoms with van der Waals surface area (Å²) in [5.74, 6) is -2.75. The summed E-state index contributed by atoms with van der Waals surface area (Å²) >= 11 is 0. The van der Waals surface area contributed by atoms with Gasteiger partial charge < -0.3 is 9.47 Å². The predicted octanol–water partition coefficient (Wildman–Crippen LogP) is 3.17. The summed E-state index contributed by atoms with van der Waals surface area (Å²) < 4.78 is 74.0. The smallest absolute Gasteiger partial charge is 0.434 e.